The van der Waals surface area contributed by atoms with Crippen molar-refractivity contribution in [1.82, 2.24) is 4.98 Å². The van der Waals surface area contributed by atoms with E-state index in [9.17, 15) is 0 Å². The highest BCUT2D eigenvalue weighted by Crippen LogP contribution is 2.22. The molecule has 2 aromatic rings. The van der Waals surface area contributed by atoms with Gasteiger partial charge in [-0.2, -0.15) is 0 Å². The van der Waals surface area contributed by atoms with Crippen LogP contribution in [0.4, 0.5) is 11.5 Å². The second-order valence-electron chi connectivity index (χ2n) is 5.49. The quantitative estimate of drug-likeness (QED) is 0.383. The molecule has 6 nitrogen and oxygen atoms in total. The van der Waals surface area contributed by atoms with Gasteiger partial charge in [0.2, 0.25) is 0 Å². The smallest absolute Gasteiger partial charge is 0.193 e. The maximum absolute atomic E-state index is 6.03. The molecule has 8 heteroatoms. The Labute approximate surface area is 157 Å². The first kappa shape index (κ1) is 19.1. The molecule has 0 saturated heterocycles. The van der Waals surface area contributed by atoms with E-state index in [0.29, 0.717) is 34.9 Å². The fraction of sp³-hybridized carbons (Fsp3) is 0.294. The molecule has 0 bridgehead atoms. The third-order valence-corrected chi connectivity index (χ3v) is 3.49. The molecule has 0 atom stereocenters. The summed E-state index contributed by atoms with van der Waals surface area (Å²) in [5, 5.41) is 7.06. The molecule has 4 N–H and O–H groups in total. The molecule has 1 heterocycles. The standard InChI is InChI=1S/C17H21Cl2N5O/c1-11(2)25-14-5-3-13(4-6-14)24-17(20)22-8-7-21-16-15(19)9-12(18)10-23-16/h3-6,9-11H,7-8H2,1-2H3,(H,21,23)(H3,20,22,24). The topological polar surface area (TPSA) is 84.6 Å². The van der Waals surface area contributed by atoms with Crippen molar-refractivity contribution in [3.63, 3.8) is 0 Å². The summed E-state index contributed by atoms with van der Waals surface area (Å²) in [5.74, 6) is 1.70. The van der Waals surface area contributed by atoms with Gasteiger partial charge in [0.25, 0.3) is 0 Å². The first-order valence-corrected chi connectivity index (χ1v) is 8.58. The molecular formula is C17H21Cl2N5O. The van der Waals surface area contributed by atoms with E-state index in [1.54, 1.807) is 6.07 Å². The van der Waals surface area contributed by atoms with Crippen molar-refractivity contribution in [2.24, 2.45) is 10.7 Å². The van der Waals surface area contributed by atoms with Crippen LogP contribution >= 0.6 is 23.2 Å². The summed E-state index contributed by atoms with van der Waals surface area (Å²) >= 11 is 11.8. The average Bonchev–Trinajstić information content (AvgIpc) is 2.54. The molecule has 0 aliphatic carbocycles. The fourth-order valence-corrected chi connectivity index (χ4v) is 2.42. The molecule has 2 rings (SSSR count). The molecule has 0 radical (unpaired) electrons. The maximum atomic E-state index is 6.03. The van der Waals surface area contributed by atoms with Gasteiger partial charge in [-0.1, -0.05) is 23.2 Å². The van der Waals surface area contributed by atoms with Gasteiger partial charge in [0.15, 0.2) is 5.96 Å². The van der Waals surface area contributed by atoms with Crippen LogP contribution in [0.3, 0.4) is 0 Å². The third-order valence-electron chi connectivity index (χ3n) is 2.99. The monoisotopic (exact) mass is 381 g/mol. The van der Waals surface area contributed by atoms with E-state index in [1.807, 2.05) is 38.1 Å². The molecule has 0 saturated carbocycles. The van der Waals surface area contributed by atoms with E-state index >= 15 is 0 Å². The molecule has 0 aliphatic rings. The Morgan fingerprint density at radius 3 is 2.64 bits per heavy atom. The zero-order chi connectivity index (χ0) is 18.2. The highest BCUT2D eigenvalue weighted by Gasteiger charge is 2.02. The van der Waals surface area contributed by atoms with Gasteiger partial charge < -0.3 is 21.1 Å². The Hall–Kier alpha value is -2.18. The molecule has 0 aliphatic heterocycles. The Kier molecular flexibility index (Phi) is 7.16. The molecule has 25 heavy (non-hydrogen) atoms. The van der Waals surface area contributed by atoms with Crippen LogP contribution < -0.4 is 21.1 Å². The first-order chi connectivity index (χ1) is 11.9. The fourth-order valence-electron chi connectivity index (χ4n) is 1.97. The maximum Gasteiger partial charge on any atom is 0.193 e. The van der Waals surface area contributed by atoms with Gasteiger partial charge >= 0.3 is 0 Å². The number of pyridine rings is 1. The number of halogens is 2. The first-order valence-electron chi connectivity index (χ1n) is 7.82. The Balaban J connectivity index is 1.79. The number of hydrogen-bond acceptors (Lipinski definition) is 4. The predicted octanol–water partition coefficient (Wildman–Crippen LogP) is 4.01. The van der Waals surface area contributed by atoms with Gasteiger partial charge in [-0.05, 0) is 44.2 Å². The van der Waals surface area contributed by atoms with Crippen molar-refractivity contribution < 1.29 is 4.74 Å². The van der Waals surface area contributed by atoms with Crippen molar-refractivity contribution in [1.29, 1.82) is 0 Å². The van der Waals surface area contributed by atoms with Crippen molar-refractivity contribution >= 4 is 40.7 Å². The lowest BCUT2D eigenvalue weighted by atomic mass is 10.3. The van der Waals surface area contributed by atoms with Crippen molar-refractivity contribution in [2.75, 3.05) is 23.7 Å². The number of nitrogens with two attached hydrogens (primary N) is 1. The Morgan fingerprint density at radius 2 is 2.00 bits per heavy atom. The van der Waals surface area contributed by atoms with E-state index in [0.717, 1.165) is 11.4 Å². The number of nitrogens with one attached hydrogen (secondary N) is 2. The molecule has 1 aromatic heterocycles. The molecule has 0 spiro atoms. The van der Waals surface area contributed by atoms with Crippen LogP contribution in [0.5, 0.6) is 5.75 Å². The van der Waals surface area contributed by atoms with E-state index < -0.39 is 0 Å². The number of rotatable bonds is 7. The van der Waals surface area contributed by atoms with Gasteiger partial charge in [0.1, 0.15) is 11.6 Å². The van der Waals surface area contributed by atoms with Crippen LogP contribution in [0.2, 0.25) is 10.0 Å². The number of ether oxygens (including phenoxy) is 1. The van der Waals surface area contributed by atoms with Crippen molar-refractivity contribution in [2.45, 2.75) is 20.0 Å². The van der Waals surface area contributed by atoms with Crippen molar-refractivity contribution in [3.8, 4) is 5.75 Å². The van der Waals surface area contributed by atoms with Gasteiger partial charge in [-0.3, -0.25) is 4.99 Å². The minimum atomic E-state index is 0.140. The molecule has 1 aromatic carbocycles. The number of aromatic nitrogens is 1. The van der Waals surface area contributed by atoms with Gasteiger partial charge in [-0.15, -0.1) is 0 Å². The van der Waals surface area contributed by atoms with Gasteiger partial charge in [0.05, 0.1) is 22.7 Å². The number of guanidine groups is 1. The normalized spacial score (nSPS) is 11.5. The number of anilines is 2. The van der Waals surface area contributed by atoms with Crippen LogP contribution in [0.15, 0.2) is 41.5 Å². The summed E-state index contributed by atoms with van der Waals surface area (Å²) in [6.45, 7) is 4.97. The molecule has 0 unspecified atom stereocenters. The number of nitrogens with zero attached hydrogens (tertiary/aromatic N) is 2. The van der Waals surface area contributed by atoms with E-state index in [4.69, 9.17) is 33.7 Å². The second-order valence-corrected chi connectivity index (χ2v) is 6.34. The minimum Gasteiger partial charge on any atom is -0.491 e. The summed E-state index contributed by atoms with van der Waals surface area (Å²) in [6.07, 6.45) is 1.67. The Bertz CT molecular complexity index is 719. The molecular weight excluding hydrogens is 361 g/mol. The minimum absolute atomic E-state index is 0.140. The molecule has 0 fully saturated rings. The highest BCUT2D eigenvalue weighted by molar-refractivity contribution is 6.35. The lowest BCUT2D eigenvalue weighted by Gasteiger charge is -2.11. The van der Waals surface area contributed by atoms with E-state index in [1.165, 1.54) is 6.20 Å². The Morgan fingerprint density at radius 1 is 1.28 bits per heavy atom. The van der Waals surface area contributed by atoms with Crippen LogP contribution in [-0.4, -0.2) is 30.1 Å². The summed E-state index contributed by atoms with van der Waals surface area (Å²) in [4.78, 5) is 8.35. The van der Waals surface area contributed by atoms with Crippen LogP contribution in [0.25, 0.3) is 0 Å². The predicted molar refractivity (Wildman–Crippen MR) is 105 cm³/mol. The van der Waals surface area contributed by atoms with Crippen molar-refractivity contribution in [3.05, 3.63) is 46.6 Å². The molecule has 0 amide bonds. The lowest BCUT2D eigenvalue weighted by molar-refractivity contribution is 0.242. The zero-order valence-electron chi connectivity index (χ0n) is 14.1. The number of benzene rings is 1. The summed E-state index contributed by atoms with van der Waals surface area (Å²) < 4.78 is 5.59. The zero-order valence-corrected chi connectivity index (χ0v) is 15.6. The van der Waals surface area contributed by atoms with Crippen LogP contribution in [-0.2, 0) is 0 Å². The highest BCUT2D eigenvalue weighted by atomic mass is 35.5. The van der Waals surface area contributed by atoms with Gasteiger partial charge in [-0.25, -0.2) is 4.98 Å². The van der Waals surface area contributed by atoms with E-state index in [-0.39, 0.29) is 6.10 Å². The lowest BCUT2D eigenvalue weighted by Crippen LogP contribution is -2.23. The summed E-state index contributed by atoms with van der Waals surface area (Å²) in [7, 11) is 0. The summed E-state index contributed by atoms with van der Waals surface area (Å²) in [5.41, 5.74) is 6.71. The summed E-state index contributed by atoms with van der Waals surface area (Å²) in [6, 6.07) is 9.16. The van der Waals surface area contributed by atoms with Crippen LogP contribution in [0.1, 0.15) is 13.8 Å². The average molecular weight is 382 g/mol. The van der Waals surface area contributed by atoms with E-state index in [2.05, 4.69) is 20.6 Å². The van der Waals surface area contributed by atoms with Gasteiger partial charge in [0, 0.05) is 18.4 Å². The largest absolute Gasteiger partial charge is 0.491 e. The second kappa shape index (κ2) is 9.34. The third kappa shape index (κ3) is 6.68. The molecule has 134 valence electrons. The van der Waals surface area contributed by atoms with Crippen LogP contribution in [0, 0.1) is 0 Å². The SMILES string of the molecule is CC(C)Oc1ccc(NC(N)=NCCNc2ncc(Cl)cc2Cl)cc1. The number of aliphatic imine (C=N–C) groups is 1. The number of hydrogen-bond donors (Lipinski definition) is 3.